The first-order chi connectivity index (χ1) is 14.3. The number of hydrogen-bond donors (Lipinski definition) is 3. The van der Waals surface area contributed by atoms with Crippen LogP contribution in [0.1, 0.15) is 43.1 Å². The van der Waals surface area contributed by atoms with Gasteiger partial charge in [0.25, 0.3) is 5.91 Å². The maximum absolute atomic E-state index is 14.3. The van der Waals surface area contributed by atoms with E-state index in [4.69, 9.17) is 0 Å². The van der Waals surface area contributed by atoms with Crippen molar-refractivity contribution in [1.82, 2.24) is 15.2 Å². The van der Waals surface area contributed by atoms with E-state index in [1.165, 1.54) is 29.3 Å². The highest BCUT2D eigenvalue weighted by molar-refractivity contribution is 6.00. The topological polar surface area (TPSA) is 77.5 Å². The summed E-state index contributed by atoms with van der Waals surface area (Å²) in [7, 11) is 0. The maximum Gasteiger partial charge on any atom is 0.256 e. The number of β-amino-alcohol motifs (C(OH)–C–C–N with tert-alkyl or cyclic N) is 1. The summed E-state index contributed by atoms with van der Waals surface area (Å²) in [6.45, 7) is 9.22. The second-order valence-electron chi connectivity index (χ2n) is 7.19. The van der Waals surface area contributed by atoms with Gasteiger partial charge in [0.15, 0.2) is 0 Å². The lowest BCUT2D eigenvalue weighted by Crippen LogP contribution is -2.67. The summed E-state index contributed by atoms with van der Waals surface area (Å²) in [5.41, 5.74) is -0.364. The quantitative estimate of drug-likeness (QED) is 0.471. The summed E-state index contributed by atoms with van der Waals surface area (Å²) < 4.78 is 28.5. The molecule has 0 bridgehead atoms. The molecule has 1 amide bonds. The smallest absolute Gasteiger partial charge is 0.256 e. The minimum absolute atomic E-state index is 0.0380. The summed E-state index contributed by atoms with van der Waals surface area (Å²) >= 11 is 0. The second-order valence-corrected chi connectivity index (χ2v) is 7.19. The van der Waals surface area contributed by atoms with Crippen LogP contribution in [0.4, 0.5) is 20.2 Å². The number of anilines is 2. The summed E-state index contributed by atoms with van der Waals surface area (Å²) in [5.74, 6) is -1.90. The molecule has 8 heteroatoms. The first kappa shape index (κ1) is 23.7. The lowest BCUT2D eigenvalue weighted by atomic mass is 9.93. The van der Waals surface area contributed by atoms with Crippen molar-refractivity contribution in [1.29, 1.82) is 0 Å². The van der Waals surface area contributed by atoms with Gasteiger partial charge in [-0.05, 0) is 43.7 Å². The molecule has 0 radical (unpaired) electrons. The van der Waals surface area contributed by atoms with E-state index < -0.39 is 23.3 Å². The van der Waals surface area contributed by atoms with Gasteiger partial charge in [0.2, 0.25) is 5.95 Å². The van der Waals surface area contributed by atoms with Crippen LogP contribution in [-0.4, -0.2) is 52.7 Å². The highest BCUT2D eigenvalue weighted by Gasteiger charge is 2.44. The maximum atomic E-state index is 14.3. The van der Waals surface area contributed by atoms with Crippen molar-refractivity contribution >= 4 is 17.3 Å². The van der Waals surface area contributed by atoms with Gasteiger partial charge in [-0.25, -0.2) is 9.37 Å². The van der Waals surface area contributed by atoms with Crippen molar-refractivity contribution in [2.24, 2.45) is 0 Å². The fourth-order valence-corrected chi connectivity index (χ4v) is 3.18. The number of carbonyl (C=O) groups excluding carboxylic acids is 1. The molecule has 1 aromatic carbocycles. The van der Waals surface area contributed by atoms with Crippen LogP contribution in [0.15, 0.2) is 30.5 Å². The Morgan fingerprint density at radius 3 is 2.60 bits per heavy atom. The molecule has 3 N–H and O–H groups in total. The molecule has 1 aliphatic rings. The molecule has 0 saturated carbocycles. The third kappa shape index (κ3) is 5.52. The molecular weight excluding hydrogens is 390 g/mol. The standard InChI is InChI=1S/C20H24F2N4O2.C2H6/c1-3-7-23-10-20(28)11-26(12-20)19(27)14-6-8-24-18(22)17(14)25-16-5-4-13(2)9-15(16)21;1-2/h4-6,8-9,23,25,28H,3,7,10-12H2,1-2H3;1-2H3. The number of hydrogen-bond acceptors (Lipinski definition) is 5. The fourth-order valence-electron chi connectivity index (χ4n) is 3.18. The normalized spacial score (nSPS) is 14.4. The number of aromatic nitrogens is 1. The van der Waals surface area contributed by atoms with Crippen LogP contribution in [0.2, 0.25) is 0 Å². The Balaban J connectivity index is 0.00000155. The zero-order valence-electron chi connectivity index (χ0n) is 17.9. The molecule has 1 aromatic heterocycles. The van der Waals surface area contributed by atoms with Crippen molar-refractivity contribution in [3.05, 3.63) is 53.4 Å². The van der Waals surface area contributed by atoms with Crippen LogP contribution >= 0.6 is 0 Å². The molecule has 0 unspecified atom stereocenters. The van der Waals surface area contributed by atoms with Crippen LogP contribution in [0.5, 0.6) is 0 Å². The van der Waals surface area contributed by atoms with Crippen LogP contribution in [0.3, 0.4) is 0 Å². The van der Waals surface area contributed by atoms with Crippen molar-refractivity contribution in [3.63, 3.8) is 0 Å². The number of likely N-dealkylation sites (tertiary alicyclic amines) is 1. The molecular formula is C22H30F2N4O2. The number of pyridine rings is 1. The van der Waals surface area contributed by atoms with Gasteiger partial charge in [-0.3, -0.25) is 4.79 Å². The predicted octanol–water partition coefficient (Wildman–Crippen LogP) is 3.62. The molecule has 0 aliphatic carbocycles. The number of halogens is 2. The molecule has 3 rings (SSSR count). The Bertz CT molecular complexity index is 870. The Labute approximate surface area is 176 Å². The second kappa shape index (κ2) is 10.4. The largest absolute Gasteiger partial charge is 0.385 e. The number of rotatable bonds is 7. The lowest BCUT2D eigenvalue weighted by Gasteiger charge is -2.46. The van der Waals surface area contributed by atoms with Crippen molar-refractivity contribution in [2.45, 2.75) is 39.7 Å². The van der Waals surface area contributed by atoms with Gasteiger partial charge >= 0.3 is 0 Å². The van der Waals surface area contributed by atoms with Gasteiger partial charge in [0, 0.05) is 12.7 Å². The van der Waals surface area contributed by atoms with Gasteiger partial charge in [-0.2, -0.15) is 4.39 Å². The Kier molecular flexibility index (Phi) is 8.25. The highest BCUT2D eigenvalue weighted by Crippen LogP contribution is 2.29. The van der Waals surface area contributed by atoms with Crippen molar-refractivity contribution in [2.75, 3.05) is 31.5 Å². The molecule has 0 atom stereocenters. The van der Waals surface area contributed by atoms with Gasteiger partial charge < -0.3 is 20.6 Å². The minimum atomic E-state index is -0.993. The first-order valence-corrected chi connectivity index (χ1v) is 10.2. The Morgan fingerprint density at radius 2 is 1.97 bits per heavy atom. The van der Waals surface area contributed by atoms with Crippen molar-refractivity contribution in [3.8, 4) is 0 Å². The summed E-state index contributed by atoms with van der Waals surface area (Å²) in [6, 6.07) is 5.86. The Morgan fingerprint density at radius 1 is 1.27 bits per heavy atom. The van der Waals surface area contributed by atoms with Gasteiger partial charge in [-0.1, -0.05) is 26.8 Å². The van der Waals surface area contributed by atoms with E-state index in [1.54, 1.807) is 13.0 Å². The fraction of sp³-hybridized carbons (Fsp3) is 0.455. The van der Waals surface area contributed by atoms with E-state index >= 15 is 0 Å². The molecule has 2 heterocycles. The number of amides is 1. The number of nitrogens with zero attached hydrogens (tertiary/aromatic N) is 2. The monoisotopic (exact) mass is 420 g/mol. The van der Waals surface area contributed by atoms with E-state index in [1.807, 2.05) is 20.8 Å². The summed E-state index contributed by atoms with van der Waals surface area (Å²) in [4.78, 5) is 17.8. The van der Waals surface area contributed by atoms with Crippen LogP contribution in [-0.2, 0) is 0 Å². The SMILES string of the molecule is CC.CCCNCC1(O)CN(C(=O)c2ccnc(F)c2Nc2ccc(C)cc2F)C1. The zero-order chi connectivity index (χ0) is 22.3. The summed E-state index contributed by atoms with van der Waals surface area (Å²) in [5, 5.41) is 16.2. The molecule has 1 fully saturated rings. The molecule has 0 spiro atoms. The van der Waals surface area contributed by atoms with E-state index in [0.29, 0.717) is 6.54 Å². The average molecular weight is 421 g/mol. The molecule has 1 aliphatic heterocycles. The minimum Gasteiger partial charge on any atom is -0.385 e. The van der Waals surface area contributed by atoms with E-state index in [-0.39, 0.29) is 30.0 Å². The first-order valence-electron chi connectivity index (χ1n) is 10.2. The van der Waals surface area contributed by atoms with E-state index in [9.17, 15) is 18.7 Å². The molecule has 164 valence electrons. The molecule has 6 nitrogen and oxygen atoms in total. The van der Waals surface area contributed by atoms with Gasteiger partial charge in [0.1, 0.15) is 17.1 Å². The zero-order valence-corrected chi connectivity index (χ0v) is 17.9. The predicted molar refractivity (Wildman–Crippen MR) is 114 cm³/mol. The average Bonchev–Trinajstić information content (AvgIpc) is 2.70. The number of aryl methyl sites for hydroxylation is 1. The highest BCUT2D eigenvalue weighted by atomic mass is 19.1. The van der Waals surface area contributed by atoms with E-state index in [0.717, 1.165) is 18.5 Å². The van der Waals surface area contributed by atoms with Gasteiger partial charge in [0.05, 0.1) is 24.3 Å². The number of nitrogens with one attached hydrogen (secondary N) is 2. The van der Waals surface area contributed by atoms with Gasteiger partial charge in [-0.15, -0.1) is 0 Å². The number of aliphatic hydroxyl groups is 1. The third-order valence-corrected chi connectivity index (χ3v) is 4.66. The third-order valence-electron chi connectivity index (χ3n) is 4.66. The molecule has 1 saturated heterocycles. The van der Waals surface area contributed by atoms with Crippen LogP contribution < -0.4 is 10.6 Å². The van der Waals surface area contributed by atoms with Crippen LogP contribution in [0, 0.1) is 18.7 Å². The lowest BCUT2D eigenvalue weighted by molar-refractivity contribution is -0.0784. The number of benzene rings is 1. The molecule has 2 aromatic rings. The number of carbonyl (C=O) groups is 1. The molecule has 30 heavy (non-hydrogen) atoms. The van der Waals surface area contributed by atoms with Crippen LogP contribution in [0.25, 0.3) is 0 Å². The Hall–Kier alpha value is -2.58. The van der Waals surface area contributed by atoms with Crippen molar-refractivity contribution < 1.29 is 18.7 Å². The van der Waals surface area contributed by atoms with E-state index in [2.05, 4.69) is 15.6 Å². The summed E-state index contributed by atoms with van der Waals surface area (Å²) in [6.07, 6.45) is 2.13.